The Morgan fingerprint density at radius 1 is 1.21 bits per heavy atom. The summed E-state index contributed by atoms with van der Waals surface area (Å²) in [7, 11) is 0. The minimum absolute atomic E-state index is 0.134. The van der Waals surface area contributed by atoms with Crippen LogP contribution in [0.25, 0.3) is 0 Å². The quantitative estimate of drug-likeness (QED) is 0.169. The standard InChI is InChI=1S/C25H29BrN4O3S/c1-4-14-30-23(11-8-15-33-21-13-12-19(26)16-18(21)3)28-29-25(30)34-17-24(31)27-20-9-6-7-10-22(20)32-5-2/h4,6-7,9-10,12-13,16H,1,5,8,11,14-15,17H2,2-3H3,(H,27,31). The molecule has 180 valence electrons. The fraction of sp³-hybridized carbons (Fsp3) is 0.320. The lowest BCUT2D eigenvalue weighted by Crippen LogP contribution is -2.15. The third-order valence-corrected chi connectivity index (χ3v) is 6.30. The van der Waals surface area contributed by atoms with Crippen LogP contribution in [-0.4, -0.2) is 39.6 Å². The smallest absolute Gasteiger partial charge is 0.234 e. The summed E-state index contributed by atoms with van der Waals surface area (Å²) in [5, 5.41) is 12.2. The van der Waals surface area contributed by atoms with Crippen molar-refractivity contribution in [1.82, 2.24) is 14.8 Å². The van der Waals surface area contributed by atoms with Crippen molar-refractivity contribution >= 4 is 39.3 Å². The fourth-order valence-electron chi connectivity index (χ4n) is 3.28. The average Bonchev–Trinajstić information content (AvgIpc) is 3.19. The first-order valence-corrected chi connectivity index (χ1v) is 12.9. The van der Waals surface area contributed by atoms with Crippen molar-refractivity contribution in [2.45, 2.75) is 38.4 Å². The number of ether oxygens (including phenoxy) is 2. The maximum absolute atomic E-state index is 12.5. The number of allylic oxidation sites excluding steroid dienone is 1. The molecule has 0 aliphatic rings. The highest BCUT2D eigenvalue weighted by atomic mass is 79.9. The molecule has 0 unspecified atom stereocenters. The van der Waals surface area contributed by atoms with E-state index in [-0.39, 0.29) is 11.7 Å². The number of hydrogen-bond acceptors (Lipinski definition) is 6. The van der Waals surface area contributed by atoms with E-state index < -0.39 is 0 Å². The summed E-state index contributed by atoms with van der Waals surface area (Å²) in [6, 6.07) is 13.4. The number of aromatic nitrogens is 3. The molecule has 9 heteroatoms. The predicted octanol–water partition coefficient (Wildman–Crippen LogP) is 5.68. The van der Waals surface area contributed by atoms with Gasteiger partial charge in [-0.1, -0.05) is 45.9 Å². The number of amides is 1. The first-order chi connectivity index (χ1) is 16.5. The highest BCUT2D eigenvalue weighted by Crippen LogP contribution is 2.25. The maximum Gasteiger partial charge on any atom is 0.234 e. The number of halogens is 1. The Labute approximate surface area is 213 Å². The van der Waals surface area contributed by atoms with Gasteiger partial charge in [0, 0.05) is 17.4 Å². The molecule has 0 aliphatic heterocycles. The third-order valence-electron chi connectivity index (χ3n) is 4.84. The summed E-state index contributed by atoms with van der Waals surface area (Å²) < 4.78 is 14.5. The van der Waals surface area contributed by atoms with Gasteiger partial charge in [-0.25, -0.2) is 0 Å². The number of thioether (sulfide) groups is 1. The number of hydrogen-bond donors (Lipinski definition) is 1. The van der Waals surface area contributed by atoms with Crippen LogP contribution >= 0.6 is 27.7 Å². The normalized spacial score (nSPS) is 10.7. The second-order valence-corrected chi connectivity index (χ2v) is 9.28. The minimum Gasteiger partial charge on any atom is -0.493 e. The van der Waals surface area contributed by atoms with E-state index in [1.54, 1.807) is 6.08 Å². The van der Waals surface area contributed by atoms with Crippen LogP contribution in [0.5, 0.6) is 11.5 Å². The van der Waals surface area contributed by atoms with Gasteiger partial charge in [0.1, 0.15) is 17.3 Å². The van der Waals surface area contributed by atoms with Gasteiger partial charge in [-0.2, -0.15) is 0 Å². The summed E-state index contributed by atoms with van der Waals surface area (Å²) in [6.07, 6.45) is 3.31. The molecule has 3 rings (SSSR count). The molecule has 0 radical (unpaired) electrons. The largest absolute Gasteiger partial charge is 0.493 e. The fourth-order valence-corrected chi connectivity index (χ4v) is 4.52. The second-order valence-electron chi connectivity index (χ2n) is 7.43. The van der Waals surface area contributed by atoms with Crippen molar-refractivity contribution in [2.24, 2.45) is 0 Å². The highest BCUT2D eigenvalue weighted by molar-refractivity contribution is 9.10. The summed E-state index contributed by atoms with van der Waals surface area (Å²) in [5.74, 6) is 2.46. The monoisotopic (exact) mass is 544 g/mol. The van der Waals surface area contributed by atoms with E-state index in [2.05, 4.69) is 38.0 Å². The number of nitrogens with one attached hydrogen (secondary N) is 1. The molecule has 1 N–H and O–H groups in total. The van der Waals surface area contributed by atoms with Gasteiger partial charge in [0.2, 0.25) is 5.91 Å². The summed E-state index contributed by atoms with van der Waals surface area (Å²) in [5.41, 5.74) is 1.74. The molecule has 0 saturated carbocycles. The van der Waals surface area contributed by atoms with Gasteiger partial charge in [-0.3, -0.25) is 4.79 Å². The van der Waals surface area contributed by atoms with E-state index in [0.717, 1.165) is 28.0 Å². The van der Waals surface area contributed by atoms with E-state index in [9.17, 15) is 4.79 Å². The molecule has 7 nitrogen and oxygen atoms in total. The van der Waals surface area contributed by atoms with Crippen LogP contribution in [0.2, 0.25) is 0 Å². The van der Waals surface area contributed by atoms with E-state index in [0.29, 0.717) is 42.8 Å². The molecule has 0 fully saturated rings. The maximum atomic E-state index is 12.5. The SMILES string of the molecule is C=CCn1c(CCCOc2ccc(Br)cc2C)nnc1SCC(=O)Nc1ccccc1OCC. The number of rotatable bonds is 13. The number of nitrogens with zero attached hydrogens (tertiary/aromatic N) is 3. The molecule has 0 saturated heterocycles. The number of anilines is 1. The summed E-state index contributed by atoms with van der Waals surface area (Å²) >= 11 is 4.81. The lowest BCUT2D eigenvalue weighted by Gasteiger charge is -2.11. The summed E-state index contributed by atoms with van der Waals surface area (Å²) in [4.78, 5) is 12.5. The molecular formula is C25H29BrN4O3S. The lowest BCUT2D eigenvalue weighted by molar-refractivity contribution is -0.113. The molecule has 1 aromatic heterocycles. The minimum atomic E-state index is -0.134. The van der Waals surface area contributed by atoms with Crippen molar-refractivity contribution < 1.29 is 14.3 Å². The van der Waals surface area contributed by atoms with Crippen molar-refractivity contribution in [3.63, 3.8) is 0 Å². The number of aryl methyl sites for hydroxylation is 2. The first-order valence-electron chi connectivity index (χ1n) is 11.1. The van der Waals surface area contributed by atoms with Crippen LogP contribution < -0.4 is 14.8 Å². The van der Waals surface area contributed by atoms with Crippen molar-refractivity contribution in [1.29, 1.82) is 0 Å². The Morgan fingerprint density at radius 2 is 2.03 bits per heavy atom. The summed E-state index contributed by atoms with van der Waals surface area (Å²) in [6.45, 7) is 9.46. The molecule has 34 heavy (non-hydrogen) atoms. The van der Waals surface area contributed by atoms with Crippen LogP contribution in [0.1, 0.15) is 24.7 Å². The van der Waals surface area contributed by atoms with Crippen LogP contribution in [0.3, 0.4) is 0 Å². The van der Waals surface area contributed by atoms with Crippen LogP contribution in [-0.2, 0) is 17.8 Å². The third kappa shape index (κ3) is 7.36. The van der Waals surface area contributed by atoms with Crippen molar-refractivity contribution in [3.05, 3.63) is 71.0 Å². The first kappa shape index (κ1) is 25.8. The Bertz CT molecular complexity index is 1120. The lowest BCUT2D eigenvalue weighted by atomic mass is 10.2. The molecule has 0 bridgehead atoms. The van der Waals surface area contributed by atoms with E-state index in [1.807, 2.05) is 60.9 Å². The molecule has 1 amide bonds. The molecule has 0 aliphatic carbocycles. The zero-order chi connectivity index (χ0) is 24.3. The Balaban J connectivity index is 1.54. The molecule has 3 aromatic rings. The number of carbonyl (C=O) groups is 1. The van der Waals surface area contributed by atoms with Gasteiger partial charge in [0.15, 0.2) is 5.16 Å². The van der Waals surface area contributed by atoms with E-state index >= 15 is 0 Å². The predicted molar refractivity (Wildman–Crippen MR) is 140 cm³/mol. The number of carbonyl (C=O) groups excluding carboxylic acids is 1. The molecule has 0 atom stereocenters. The van der Waals surface area contributed by atoms with Crippen LogP contribution in [0.4, 0.5) is 5.69 Å². The Hall–Kier alpha value is -2.78. The zero-order valence-corrected chi connectivity index (χ0v) is 21.8. The Kier molecular flexibility index (Phi) is 10.0. The van der Waals surface area contributed by atoms with Gasteiger partial charge in [-0.15, -0.1) is 16.8 Å². The van der Waals surface area contributed by atoms with E-state index in [1.165, 1.54) is 11.8 Å². The molecule has 1 heterocycles. The molecule has 0 spiro atoms. The van der Waals surface area contributed by atoms with Gasteiger partial charge in [-0.05, 0) is 56.2 Å². The highest BCUT2D eigenvalue weighted by Gasteiger charge is 2.14. The van der Waals surface area contributed by atoms with Crippen LogP contribution in [0.15, 0.2) is 64.7 Å². The van der Waals surface area contributed by atoms with Crippen LogP contribution in [0, 0.1) is 6.92 Å². The number of benzene rings is 2. The van der Waals surface area contributed by atoms with Crippen molar-refractivity contribution in [3.8, 4) is 11.5 Å². The second kappa shape index (κ2) is 13.2. The van der Waals surface area contributed by atoms with Gasteiger partial charge in [0.25, 0.3) is 0 Å². The number of para-hydroxylation sites is 2. The zero-order valence-electron chi connectivity index (χ0n) is 19.4. The van der Waals surface area contributed by atoms with E-state index in [4.69, 9.17) is 9.47 Å². The van der Waals surface area contributed by atoms with Gasteiger partial charge >= 0.3 is 0 Å². The Morgan fingerprint density at radius 3 is 2.79 bits per heavy atom. The topological polar surface area (TPSA) is 78.3 Å². The molecule has 2 aromatic carbocycles. The van der Waals surface area contributed by atoms with Crippen molar-refractivity contribution in [2.75, 3.05) is 24.3 Å². The average molecular weight is 546 g/mol. The molecular weight excluding hydrogens is 516 g/mol. The van der Waals surface area contributed by atoms with Gasteiger partial charge < -0.3 is 19.4 Å². The van der Waals surface area contributed by atoms with Gasteiger partial charge in [0.05, 0.1) is 24.7 Å².